The lowest BCUT2D eigenvalue weighted by atomic mass is 10.1. The Morgan fingerprint density at radius 1 is 1.11 bits per heavy atom. The van der Waals surface area contributed by atoms with E-state index in [1.807, 2.05) is 37.3 Å². The van der Waals surface area contributed by atoms with Gasteiger partial charge in [0.25, 0.3) is 10.0 Å². The Hall–Kier alpha value is -3.00. The van der Waals surface area contributed by atoms with Crippen molar-refractivity contribution in [3.8, 4) is 17.2 Å². The van der Waals surface area contributed by atoms with E-state index < -0.39 is 10.0 Å². The number of pyridine rings is 1. The SMILES string of the molecule is CCCC1=CC(Cl)=CCC=C1S(=O)(=O)Nc1cc(Cl)c(Oc2cnc3ccccc3c2)c(OC)c1. The number of allylic oxidation sites excluding steroid dienone is 5. The third-order valence-electron chi connectivity index (χ3n) is 5.32. The number of para-hydroxylation sites is 1. The Labute approximate surface area is 214 Å². The minimum absolute atomic E-state index is 0.180. The maximum atomic E-state index is 13.3. The first-order valence-electron chi connectivity index (χ1n) is 11.0. The molecule has 35 heavy (non-hydrogen) atoms. The van der Waals surface area contributed by atoms with Gasteiger partial charge in [-0.1, -0.05) is 66.9 Å². The molecule has 1 heterocycles. The molecule has 0 spiro atoms. The topological polar surface area (TPSA) is 77.5 Å². The highest BCUT2D eigenvalue weighted by atomic mass is 35.5. The van der Waals surface area contributed by atoms with Gasteiger partial charge in [0.05, 0.1) is 34.4 Å². The number of hydrogen-bond acceptors (Lipinski definition) is 5. The van der Waals surface area contributed by atoms with Crippen LogP contribution < -0.4 is 14.2 Å². The quantitative estimate of drug-likeness (QED) is 0.325. The summed E-state index contributed by atoms with van der Waals surface area (Å²) in [5.41, 5.74) is 1.74. The van der Waals surface area contributed by atoms with Crippen LogP contribution in [-0.4, -0.2) is 20.5 Å². The Morgan fingerprint density at radius 3 is 2.69 bits per heavy atom. The number of sulfonamides is 1. The van der Waals surface area contributed by atoms with Gasteiger partial charge in [-0.3, -0.25) is 9.71 Å². The summed E-state index contributed by atoms with van der Waals surface area (Å²) in [5, 5.41) is 1.61. The summed E-state index contributed by atoms with van der Waals surface area (Å²) >= 11 is 12.7. The average molecular weight is 531 g/mol. The smallest absolute Gasteiger partial charge is 0.261 e. The molecule has 3 aromatic rings. The Balaban J connectivity index is 1.63. The summed E-state index contributed by atoms with van der Waals surface area (Å²) < 4.78 is 40.7. The van der Waals surface area contributed by atoms with E-state index in [0.29, 0.717) is 29.2 Å². The van der Waals surface area contributed by atoms with E-state index in [9.17, 15) is 8.42 Å². The van der Waals surface area contributed by atoms with Crippen LogP contribution in [0.15, 0.2) is 82.4 Å². The molecule has 9 heteroatoms. The van der Waals surface area contributed by atoms with E-state index in [1.54, 1.807) is 24.4 Å². The van der Waals surface area contributed by atoms with E-state index in [1.165, 1.54) is 19.2 Å². The summed E-state index contributed by atoms with van der Waals surface area (Å²) in [4.78, 5) is 4.59. The lowest BCUT2D eigenvalue weighted by Crippen LogP contribution is -2.17. The van der Waals surface area contributed by atoms with Gasteiger partial charge in [-0.15, -0.1) is 0 Å². The number of ether oxygens (including phenoxy) is 2. The first-order valence-corrected chi connectivity index (χ1v) is 13.2. The Morgan fingerprint density at radius 2 is 1.91 bits per heavy atom. The summed E-state index contributed by atoms with van der Waals surface area (Å²) in [6, 6.07) is 12.5. The number of halogens is 2. The number of anilines is 1. The number of hydrogen-bond donors (Lipinski definition) is 1. The molecule has 0 aliphatic heterocycles. The van der Waals surface area contributed by atoms with Gasteiger partial charge < -0.3 is 9.47 Å². The van der Waals surface area contributed by atoms with Gasteiger partial charge in [0.15, 0.2) is 11.5 Å². The van der Waals surface area contributed by atoms with E-state index in [2.05, 4.69) is 9.71 Å². The van der Waals surface area contributed by atoms with Crippen LogP contribution in [0.3, 0.4) is 0 Å². The molecular formula is C26H24Cl2N2O4S. The third-order valence-corrected chi connectivity index (χ3v) is 7.38. The highest BCUT2D eigenvalue weighted by molar-refractivity contribution is 7.96. The average Bonchev–Trinajstić information content (AvgIpc) is 3.01. The molecule has 0 saturated carbocycles. The summed E-state index contributed by atoms with van der Waals surface area (Å²) in [5.74, 6) is 0.997. The molecule has 1 aliphatic carbocycles. The van der Waals surface area contributed by atoms with E-state index >= 15 is 0 Å². The van der Waals surface area contributed by atoms with Gasteiger partial charge in [0.2, 0.25) is 0 Å². The number of benzene rings is 2. The number of methoxy groups -OCH3 is 1. The molecule has 1 aromatic heterocycles. The second-order valence-electron chi connectivity index (χ2n) is 7.87. The number of rotatable bonds is 8. The maximum absolute atomic E-state index is 13.3. The predicted molar refractivity (Wildman–Crippen MR) is 142 cm³/mol. The van der Waals surface area contributed by atoms with Crippen LogP contribution >= 0.6 is 23.2 Å². The summed E-state index contributed by atoms with van der Waals surface area (Å²) in [6.45, 7) is 1.98. The van der Waals surface area contributed by atoms with Crippen LogP contribution in [-0.2, 0) is 10.0 Å². The normalized spacial score (nSPS) is 14.0. The van der Waals surface area contributed by atoms with Gasteiger partial charge in [0.1, 0.15) is 5.75 Å². The molecule has 1 N–H and O–H groups in total. The number of nitrogens with zero attached hydrogens (tertiary/aromatic N) is 1. The van der Waals surface area contributed by atoms with Crippen molar-refractivity contribution >= 4 is 49.8 Å². The lowest BCUT2D eigenvalue weighted by molar-refractivity contribution is 0.379. The third kappa shape index (κ3) is 5.81. The van der Waals surface area contributed by atoms with Crippen molar-refractivity contribution in [2.75, 3.05) is 11.8 Å². The highest BCUT2D eigenvalue weighted by Crippen LogP contribution is 2.42. The van der Waals surface area contributed by atoms with Crippen molar-refractivity contribution in [2.45, 2.75) is 26.2 Å². The monoisotopic (exact) mass is 530 g/mol. The van der Waals surface area contributed by atoms with Crippen LogP contribution in [0, 0.1) is 0 Å². The fourth-order valence-corrected chi connectivity index (χ4v) is 5.60. The van der Waals surface area contributed by atoms with Crippen LogP contribution in [0.25, 0.3) is 10.9 Å². The van der Waals surface area contributed by atoms with Crippen molar-refractivity contribution in [1.29, 1.82) is 0 Å². The van der Waals surface area contributed by atoms with Gasteiger partial charge in [-0.2, -0.15) is 0 Å². The molecule has 6 nitrogen and oxygen atoms in total. The fourth-order valence-electron chi connectivity index (χ4n) is 3.77. The molecule has 0 amide bonds. The first-order chi connectivity index (χ1) is 16.8. The summed E-state index contributed by atoms with van der Waals surface area (Å²) in [6.07, 6.45) is 8.48. The second-order valence-corrected chi connectivity index (χ2v) is 10.4. The minimum atomic E-state index is -3.91. The van der Waals surface area contributed by atoms with Crippen molar-refractivity contribution in [3.63, 3.8) is 0 Å². The number of nitrogens with one attached hydrogen (secondary N) is 1. The van der Waals surface area contributed by atoms with Gasteiger partial charge >= 0.3 is 0 Å². The van der Waals surface area contributed by atoms with E-state index in [0.717, 1.165) is 17.3 Å². The zero-order valence-corrected chi connectivity index (χ0v) is 21.5. The zero-order chi connectivity index (χ0) is 25.0. The fraction of sp³-hybridized carbons (Fsp3) is 0.192. The molecule has 0 saturated heterocycles. The second kappa shape index (κ2) is 10.7. The molecule has 2 aromatic carbocycles. The molecular weight excluding hydrogens is 507 g/mol. The molecule has 0 radical (unpaired) electrons. The Kier molecular flexibility index (Phi) is 7.69. The molecule has 4 rings (SSSR count). The van der Waals surface area contributed by atoms with Crippen LogP contribution in [0.1, 0.15) is 26.2 Å². The van der Waals surface area contributed by atoms with Gasteiger partial charge in [0, 0.05) is 16.5 Å². The molecule has 182 valence electrons. The van der Waals surface area contributed by atoms with Crippen molar-refractivity contribution in [2.24, 2.45) is 0 Å². The Bertz CT molecular complexity index is 1460. The van der Waals surface area contributed by atoms with E-state index in [4.69, 9.17) is 32.7 Å². The van der Waals surface area contributed by atoms with Crippen LogP contribution in [0.4, 0.5) is 5.69 Å². The standard InChI is InChI=1S/C26H24Cl2N2O4S/c1-3-7-18-12-19(27)9-6-11-25(18)35(31,32)30-20-14-22(28)26(24(15-20)33-2)34-21-13-17-8-4-5-10-23(17)29-16-21/h4-5,8-16,30H,3,6-7H2,1-2H3. The molecule has 0 atom stereocenters. The number of aromatic nitrogens is 1. The van der Waals surface area contributed by atoms with Crippen molar-refractivity contribution in [1.82, 2.24) is 4.98 Å². The molecule has 0 bridgehead atoms. The zero-order valence-electron chi connectivity index (χ0n) is 19.2. The van der Waals surface area contributed by atoms with Crippen LogP contribution in [0.5, 0.6) is 17.2 Å². The van der Waals surface area contributed by atoms with Crippen molar-refractivity contribution in [3.05, 3.63) is 87.4 Å². The van der Waals surface area contributed by atoms with Gasteiger partial charge in [-0.05, 0) is 42.7 Å². The maximum Gasteiger partial charge on any atom is 0.261 e. The van der Waals surface area contributed by atoms with Gasteiger partial charge in [-0.25, -0.2) is 8.42 Å². The highest BCUT2D eigenvalue weighted by Gasteiger charge is 2.24. The number of fused-ring (bicyclic) bond motifs is 1. The molecule has 0 unspecified atom stereocenters. The first kappa shape index (κ1) is 25.1. The lowest BCUT2D eigenvalue weighted by Gasteiger charge is -2.17. The van der Waals surface area contributed by atoms with Crippen LogP contribution in [0.2, 0.25) is 5.02 Å². The minimum Gasteiger partial charge on any atom is -0.493 e. The predicted octanol–water partition coefficient (Wildman–Crippen LogP) is 7.57. The molecule has 1 aliphatic rings. The van der Waals surface area contributed by atoms with E-state index in [-0.39, 0.29) is 27.1 Å². The van der Waals surface area contributed by atoms with Crippen molar-refractivity contribution < 1.29 is 17.9 Å². The largest absolute Gasteiger partial charge is 0.493 e. The molecule has 0 fully saturated rings. The summed E-state index contributed by atoms with van der Waals surface area (Å²) in [7, 11) is -2.45.